The lowest BCUT2D eigenvalue weighted by Crippen LogP contribution is -2.26. The summed E-state index contributed by atoms with van der Waals surface area (Å²) < 4.78 is 40.7. The first kappa shape index (κ1) is 28.7. The molecule has 216 valence electrons. The van der Waals surface area contributed by atoms with E-state index in [-0.39, 0.29) is 51.8 Å². The van der Waals surface area contributed by atoms with Crippen LogP contribution in [-0.2, 0) is 16.3 Å². The molecule has 42 heavy (non-hydrogen) atoms. The van der Waals surface area contributed by atoms with Gasteiger partial charge in [-0.15, -0.1) is 0 Å². The Hall–Kier alpha value is -4.81. The predicted molar refractivity (Wildman–Crippen MR) is 151 cm³/mol. The third kappa shape index (κ3) is 6.40. The normalized spacial score (nSPS) is 14.4. The number of nitrogens with one attached hydrogen (secondary N) is 2. The van der Waals surface area contributed by atoms with Crippen LogP contribution in [0.15, 0.2) is 71.9 Å². The first-order valence-electron chi connectivity index (χ1n) is 12.8. The molecule has 0 spiro atoms. The van der Waals surface area contributed by atoms with E-state index >= 15 is 0 Å². The van der Waals surface area contributed by atoms with Crippen LogP contribution in [0.5, 0.6) is 11.5 Å². The second-order valence-electron chi connectivity index (χ2n) is 9.43. The van der Waals surface area contributed by atoms with Crippen LogP contribution in [0.1, 0.15) is 16.8 Å². The molecule has 13 heteroatoms. The first-order chi connectivity index (χ1) is 20.2. The van der Waals surface area contributed by atoms with Crippen LogP contribution in [0.2, 0.25) is 5.02 Å². The molecular formula is C29H24ClF2N5O5. The maximum atomic E-state index is 14.9. The van der Waals surface area contributed by atoms with Gasteiger partial charge < -0.3 is 30.4 Å². The van der Waals surface area contributed by atoms with Gasteiger partial charge in [-0.3, -0.25) is 14.4 Å². The van der Waals surface area contributed by atoms with Gasteiger partial charge in [0.15, 0.2) is 24.0 Å². The Morgan fingerprint density at radius 1 is 1.12 bits per heavy atom. The molecule has 1 amide bonds. The maximum Gasteiger partial charge on any atom is 0.312 e. The summed E-state index contributed by atoms with van der Waals surface area (Å²) in [5.74, 6) is -2.98. The molecule has 1 aliphatic rings. The fourth-order valence-electron chi connectivity index (χ4n) is 4.31. The molecule has 1 fully saturated rings. The van der Waals surface area contributed by atoms with Crippen LogP contribution < -0.4 is 26.5 Å². The molecule has 4 aromatic rings. The maximum absolute atomic E-state index is 14.9. The smallest absolute Gasteiger partial charge is 0.312 e. The highest BCUT2D eigenvalue weighted by Gasteiger charge is 2.24. The van der Waals surface area contributed by atoms with E-state index in [9.17, 15) is 23.2 Å². The van der Waals surface area contributed by atoms with E-state index in [0.717, 1.165) is 6.07 Å². The average molecular weight is 596 g/mol. The van der Waals surface area contributed by atoms with Gasteiger partial charge in [0.1, 0.15) is 22.2 Å². The van der Waals surface area contributed by atoms with Crippen LogP contribution in [0.25, 0.3) is 11.1 Å². The Labute approximate surface area is 243 Å². The minimum Gasteiger partial charge on any atom is -0.453 e. The SMILES string of the molecule is Nc1nccc(Oc2ccc(NC(=O)c3cn(COC(=O)[C@H]4CCNC4)cc(-c4ccc(F)cc4)c3=O)cc2F)c1Cl. The Bertz CT molecular complexity index is 1710. The van der Waals surface area contributed by atoms with E-state index in [2.05, 4.69) is 15.6 Å². The molecule has 5 rings (SSSR count). The van der Waals surface area contributed by atoms with Crippen LogP contribution in [0.4, 0.5) is 20.3 Å². The molecule has 1 atom stereocenters. The zero-order valence-corrected chi connectivity index (χ0v) is 22.7. The van der Waals surface area contributed by atoms with Crippen molar-refractivity contribution in [2.45, 2.75) is 13.2 Å². The second kappa shape index (κ2) is 12.4. The fraction of sp³-hybridized carbons (Fsp3) is 0.172. The van der Waals surface area contributed by atoms with Gasteiger partial charge >= 0.3 is 5.97 Å². The standard InChI is InChI=1S/C29H24ClF2N5O5/c30-25-24(8-10-35-27(25)33)42-23-6-5-19(11-22(23)32)36-28(39)21-14-37(15-41-29(40)17-7-9-34-12-17)13-20(26(21)38)16-1-3-18(31)4-2-16/h1-6,8,10-11,13-14,17,34H,7,9,12,15H2,(H2,33,35)(H,36,39)/t17-/m0/s1. The topological polar surface area (TPSA) is 138 Å². The first-order valence-corrected chi connectivity index (χ1v) is 13.1. The van der Waals surface area contributed by atoms with Crippen molar-refractivity contribution in [3.63, 3.8) is 0 Å². The largest absolute Gasteiger partial charge is 0.453 e. The van der Waals surface area contributed by atoms with Crippen molar-refractivity contribution in [2.24, 2.45) is 5.92 Å². The number of halogens is 3. The third-order valence-corrected chi connectivity index (χ3v) is 6.90. The molecule has 3 heterocycles. The number of carbonyl (C=O) groups excluding carboxylic acids is 2. The summed E-state index contributed by atoms with van der Waals surface area (Å²) in [5, 5.41) is 5.59. The van der Waals surface area contributed by atoms with Gasteiger partial charge in [-0.1, -0.05) is 23.7 Å². The Kier molecular flexibility index (Phi) is 8.46. The number of nitrogen functional groups attached to an aromatic ring is 1. The second-order valence-corrected chi connectivity index (χ2v) is 9.81. The number of amides is 1. The number of benzene rings is 2. The van der Waals surface area contributed by atoms with Gasteiger partial charge in [-0.2, -0.15) is 0 Å². The molecule has 2 aromatic carbocycles. The van der Waals surface area contributed by atoms with Crippen molar-refractivity contribution >= 4 is 35.0 Å². The van der Waals surface area contributed by atoms with E-state index < -0.39 is 28.9 Å². The van der Waals surface area contributed by atoms with Crippen molar-refractivity contribution < 1.29 is 27.8 Å². The van der Waals surface area contributed by atoms with Crippen molar-refractivity contribution in [3.8, 4) is 22.6 Å². The zero-order chi connectivity index (χ0) is 29.8. The molecular weight excluding hydrogens is 572 g/mol. The van der Waals surface area contributed by atoms with Crippen LogP contribution >= 0.6 is 11.6 Å². The van der Waals surface area contributed by atoms with Crippen molar-refractivity contribution in [3.05, 3.63) is 99.6 Å². The number of nitrogens with zero attached hydrogens (tertiary/aromatic N) is 2. The average Bonchev–Trinajstić information content (AvgIpc) is 3.52. The van der Waals surface area contributed by atoms with E-state index in [0.29, 0.717) is 25.1 Å². The molecule has 1 saturated heterocycles. The van der Waals surface area contributed by atoms with Crippen LogP contribution in [-0.4, -0.2) is 34.5 Å². The van der Waals surface area contributed by atoms with Gasteiger partial charge in [-0.05, 0) is 42.8 Å². The number of anilines is 2. The van der Waals surface area contributed by atoms with Crippen LogP contribution in [0, 0.1) is 17.6 Å². The van der Waals surface area contributed by atoms with Crippen LogP contribution in [0.3, 0.4) is 0 Å². The zero-order valence-electron chi connectivity index (χ0n) is 21.9. The van der Waals surface area contributed by atoms with Gasteiger partial charge in [0.2, 0.25) is 5.43 Å². The molecule has 0 radical (unpaired) electrons. The number of carbonyl (C=O) groups is 2. The summed E-state index contributed by atoms with van der Waals surface area (Å²) in [7, 11) is 0. The highest BCUT2D eigenvalue weighted by Crippen LogP contribution is 2.34. The number of hydrogen-bond acceptors (Lipinski definition) is 8. The Morgan fingerprint density at radius 3 is 2.62 bits per heavy atom. The lowest BCUT2D eigenvalue weighted by Gasteiger charge is -2.15. The highest BCUT2D eigenvalue weighted by atomic mass is 35.5. The minimum atomic E-state index is -0.845. The van der Waals surface area contributed by atoms with Gasteiger partial charge in [-0.25, -0.2) is 13.8 Å². The number of hydrogen-bond donors (Lipinski definition) is 3. The lowest BCUT2D eigenvalue weighted by atomic mass is 10.0. The van der Waals surface area contributed by atoms with E-state index in [1.807, 2.05) is 0 Å². The monoisotopic (exact) mass is 595 g/mol. The molecule has 0 bridgehead atoms. The number of esters is 1. The minimum absolute atomic E-state index is 0.0113. The van der Waals surface area contributed by atoms with E-state index in [4.69, 9.17) is 26.8 Å². The summed E-state index contributed by atoms with van der Waals surface area (Å²) in [4.78, 5) is 42.9. The van der Waals surface area contributed by atoms with Crippen molar-refractivity contribution in [2.75, 3.05) is 24.1 Å². The molecule has 0 saturated carbocycles. The summed E-state index contributed by atoms with van der Waals surface area (Å²) in [5.41, 5.74) is 5.13. The predicted octanol–water partition coefficient (Wildman–Crippen LogP) is 4.58. The van der Waals surface area contributed by atoms with Crippen molar-refractivity contribution in [1.82, 2.24) is 14.9 Å². The van der Waals surface area contributed by atoms with Crippen molar-refractivity contribution in [1.29, 1.82) is 0 Å². The molecule has 2 aromatic heterocycles. The molecule has 10 nitrogen and oxygen atoms in total. The third-order valence-electron chi connectivity index (χ3n) is 6.52. The van der Waals surface area contributed by atoms with Gasteiger partial charge in [0.05, 0.1) is 5.92 Å². The quantitative estimate of drug-likeness (QED) is 0.252. The number of pyridine rings is 2. The molecule has 1 aliphatic heterocycles. The lowest BCUT2D eigenvalue weighted by molar-refractivity contribution is -0.151. The molecule has 0 aliphatic carbocycles. The Balaban J connectivity index is 1.40. The Morgan fingerprint density at radius 2 is 1.90 bits per heavy atom. The summed E-state index contributed by atoms with van der Waals surface area (Å²) >= 11 is 6.06. The van der Waals surface area contributed by atoms with E-state index in [1.54, 1.807) is 0 Å². The molecule has 0 unspecified atom stereocenters. The number of nitrogens with two attached hydrogens (primary N) is 1. The number of rotatable bonds is 8. The number of aromatic nitrogens is 2. The van der Waals surface area contributed by atoms with Gasteiger partial charge in [0, 0.05) is 48.5 Å². The molecule has 4 N–H and O–H groups in total. The fourth-order valence-corrected chi connectivity index (χ4v) is 4.46. The summed E-state index contributed by atoms with van der Waals surface area (Å²) in [6.45, 7) is 0.936. The summed E-state index contributed by atoms with van der Waals surface area (Å²) in [6, 6.07) is 10.2. The van der Waals surface area contributed by atoms with Gasteiger partial charge in [0.25, 0.3) is 5.91 Å². The van der Waals surface area contributed by atoms with E-state index in [1.165, 1.54) is 65.6 Å². The number of ether oxygens (including phenoxy) is 2. The highest BCUT2D eigenvalue weighted by molar-refractivity contribution is 6.34. The summed E-state index contributed by atoms with van der Waals surface area (Å²) in [6.07, 6.45) is 4.63.